The molecule has 0 fully saturated rings. The number of hydrogen-bond acceptors (Lipinski definition) is 2. The van der Waals surface area contributed by atoms with E-state index in [1.54, 1.807) is 24.5 Å². The lowest BCUT2D eigenvalue weighted by Gasteiger charge is -2.01. The molecule has 0 saturated carbocycles. The zero-order chi connectivity index (χ0) is 21.9. The molecule has 6 heteroatoms. The number of nitrogens with one attached hydrogen (secondary N) is 2. The lowest BCUT2D eigenvalue weighted by Crippen LogP contribution is -1.82. The van der Waals surface area contributed by atoms with Crippen LogP contribution in [0.5, 0.6) is 0 Å². The van der Waals surface area contributed by atoms with Crippen LogP contribution in [0.2, 0.25) is 0 Å². The molecule has 0 spiro atoms. The van der Waals surface area contributed by atoms with E-state index < -0.39 is 0 Å². The van der Waals surface area contributed by atoms with E-state index in [2.05, 4.69) is 19.9 Å². The Kier molecular flexibility index (Phi) is 5.17. The van der Waals surface area contributed by atoms with Crippen LogP contribution in [-0.2, 0) is 0 Å². The summed E-state index contributed by atoms with van der Waals surface area (Å²) in [6.07, 6.45) is 7.17. The number of benzene rings is 2. The average molecular weight is 424 g/mol. The van der Waals surface area contributed by atoms with E-state index in [4.69, 9.17) is 0 Å². The third-order valence-corrected chi connectivity index (χ3v) is 5.12. The van der Waals surface area contributed by atoms with E-state index >= 15 is 0 Å². The molecule has 0 aliphatic carbocycles. The Morgan fingerprint density at radius 2 is 1.00 bits per heavy atom. The van der Waals surface area contributed by atoms with Crippen molar-refractivity contribution in [1.29, 1.82) is 0 Å². The monoisotopic (exact) mass is 424 g/mol. The van der Waals surface area contributed by atoms with Crippen molar-refractivity contribution in [1.82, 2.24) is 19.9 Å². The first kappa shape index (κ1) is 19.6. The Labute approximate surface area is 182 Å². The summed E-state index contributed by atoms with van der Waals surface area (Å²) in [7, 11) is 0. The molecule has 0 aliphatic rings. The van der Waals surface area contributed by atoms with E-state index in [1.807, 2.05) is 48.8 Å². The number of nitrogens with zero attached hydrogens (tertiary/aromatic N) is 2. The minimum atomic E-state index is -0.230. The van der Waals surface area contributed by atoms with Crippen LogP contribution in [0.15, 0.2) is 97.6 Å². The predicted octanol–water partition coefficient (Wildman–Crippen LogP) is 6.74. The van der Waals surface area contributed by atoms with Crippen molar-refractivity contribution in [2.24, 2.45) is 0 Å². The Hall–Kier alpha value is -4.32. The molecule has 0 saturated heterocycles. The van der Waals surface area contributed by atoms with Gasteiger partial charge in [-0.05, 0) is 59.7 Å². The minimum absolute atomic E-state index is 0.230. The average Bonchev–Trinajstić information content (AvgIpc) is 3.48. The predicted molar refractivity (Wildman–Crippen MR) is 123 cm³/mol. The molecule has 156 valence electrons. The van der Waals surface area contributed by atoms with Gasteiger partial charge in [0.15, 0.2) is 0 Å². The van der Waals surface area contributed by atoms with E-state index in [1.165, 1.54) is 24.3 Å². The van der Waals surface area contributed by atoms with Crippen LogP contribution in [0.25, 0.3) is 44.3 Å². The molecule has 6 rings (SSSR count). The van der Waals surface area contributed by atoms with Crippen molar-refractivity contribution in [3.05, 3.63) is 109 Å². The molecule has 0 amide bonds. The zero-order valence-corrected chi connectivity index (χ0v) is 16.9. The second-order valence-corrected chi connectivity index (χ2v) is 7.30. The molecule has 2 N–H and O–H groups in total. The first-order valence-corrected chi connectivity index (χ1v) is 10.0. The van der Waals surface area contributed by atoms with Crippen LogP contribution in [0.1, 0.15) is 0 Å². The fraction of sp³-hybridized carbons (Fsp3) is 0. The van der Waals surface area contributed by atoms with Gasteiger partial charge in [-0.15, -0.1) is 0 Å². The molecular weight excluding hydrogens is 406 g/mol. The van der Waals surface area contributed by atoms with Gasteiger partial charge in [-0.2, -0.15) is 0 Å². The molecule has 6 aromatic rings. The molecule has 0 radical (unpaired) electrons. The highest BCUT2D eigenvalue weighted by molar-refractivity contribution is 5.82. The number of H-pyrrole nitrogens is 2. The van der Waals surface area contributed by atoms with Crippen molar-refractivity contribution in [3.8, 4) is 22.3 Å². The number of halogens is 2. The molecule has 32 heavy (non-hydrogen) atoms. The topological polar surface area (TPSA) is 57.4 Å². The standard InChI is InChI=1S/2C13H9FN2/c2*14-12-3-1-2-9(7-12)11-6-10-4-5-15-13(10)16-8-11/h2*1-8H,(H,15,16). The van der Waals surface area contributed by atoms with E-state index in [9.17, 15) is 8.78 Å². The zero-order valence-electron chi connectivity index (χ0n) is 16.9. The molecule has 0 atom stereocenters. The Morgan fingerprint density at radius 3 is 1.44 bits per heavy atom. The van der Waals surface area contributed by atoms with Crippen LogP contribution < -0.4 is 0 Å². The SMILES string of the molecule is Fc1cccc(-c2cnc3[nH]ccc3c2)c1.Fc1cccc(-c2cnc3[nH]ccc3c2)c1. The van der Waals surface area contributed by atoms with Crippen LogP contribution in [0.3, 0.4) is 0 Å². The van der Waals surface area contributed by atoms with E-state index in [-0.39, 0.29) is 11.6 Å². The third-order valence-electron chi connectivity index (χ3n) is 5.12. The van der Waals surface area contributed by atoms with Crippen LogP contribution >= 0.6 is 0 Å². The smallest absolute Gasteiger partial charge is 0.137 e. The highest BCUT2D eigenvalue weighted by Crippen LogP contribution is 2.23. The van der Waals surface area contributed by atoms with Gasteiger partial charge in [-0.1, -0.05) is 24.3 Å². The van der Waals surface area contributed by atoms with E-state index in [0.717, 1.165) is 44.3 Å². The summed E-state index contributed by atoms with van der Waals surface area (Å²) >= 11 is 0. The van der Waals surface area contributed by atoms with E-state index in [0.29, 0.717) is 0 Å². The van der Waals surface area contributed by atoms with Crippen molar-refractivity contribution < 1.29 is 8.78 Å². The maximum absolute atomic E-state index is 13.1. The molecule has 4 nitrogen and oxygen atoms in total. The largest absolute Gasteiger partial charge is 0.346 e. The number of aromatic amines is 2. The van der Waals surface area contributed by atoms with Gasteiger partial charge in [0, 0.05) is 46.7 Å². The summed E-state index contributed by atoms with van der Waals surface area (Å²) in [6.45, 7) is 0. The van der Waals surface area contributed by atoms with Crippen LogP contribution in [0.4, 0.5) is 8.78 Å². The molecule has 4 heterocycles. The number of pyridine rings is 2. The van der Waals surface area contributed by atoms with Gasteiger partial charge in [0.1, 0.15) is 22.9 Å². The molecule has 0 unspecified atom stereocenters. The fourth-order valence-corrected chi connectivity index (χ4v) is 3.53. The summed E-state index contributed by atoms with van der Waals surface area (Å²) in [5.74, 6) is -0.460. The first-order chi connectivity index (χ1) is 15.7. The fourth-order valence-electron chi connectivity index (χ4n) is 3.53. The van der Waals surface area contributed by atoms with Gasteiger partial charge >= 0.3 is 0 Å². The first-order valence-electron chi connectivity index (χ1n) is 10.0. The van der Waals surface area contributed by atoms with Crippen molar-refractivity contribution >= 4 is 22.1 Å². The van der Waals surface area contributed by atoms with Crippen molar-refractivity contribution in [2.75, 3.05) is 0 Å². The van der Waals surface area contributed by atoms with Gasteiger partial charge in [0.2, 0.25) is 0 Å². The van der Waals surface area contributed by atoms with Gasteiger partial charge in [0.25, 0.3) is 0 Å². The van der Waals surface area contributed by atoms with Gasteiger partial charge in [0.05, 0.1) is 0 Å². The number of hydrogen-bond donors (Lipinski definition) is 2. The van der Waals surface area contributed by atoms with Gasteiger partial charge < -0.3 is 9.97 Å². The van der Waals surface area contributed by atoms with Gasteiger partial charge in [-0.25, -0.2) is 18.7 Å². The van der Waals surface area contributed by atoms with Gasteiger partial charge in [-0.3, -0.25) is 0 Å². The molecule has 2 aromatic carbocycles. The highest BCUT2D eigenvalue weighted by Gasteiger charge is 2.03. The summed E-state index contributed by atoms with van der Waals surface area (Å²) in [6, 6.07) is 20.9. The minimum Gasteiger partial charge on any atom is -0.346 e. The lowest BCUT2D eigenvalue weighted by atomic mass is 10.1. The molecule has 0 bridgehead atoms. The summed E-state index contributed by atoms with van der Waals surface area (Å²) in [5, 5.41) is 2.06. The summed E-state index contributed by atoms with van der Waals surface area (Å²) in [5.41, 5.74) is 5.23. The quantitative estimate of drug-likeness (QED) is 0.323. The number of rotatable bonds is 2. The van der Waals surface area contributed by atoms with Crippen LogP contribution in [0, 0.1) is 11.6 Å². The third kappa shape index (κ3) is 4.11. The van der Waals surface area contributed by atoms with Crippen molar-refractivity contribution in [2.45, 2.75) is 0 Å². The highest BCUT2D eigenvalue weighted by atomic mass is 19.1. The second-order valence-electron chi connectivity index (χ2n) is 7.30. The van der Waals surface area contributed by atoms with Crippen molar-refractivity contribution in [3.63, 3.8) is 0 Å². The maximum Gasteiger partial charge on any atom is 0.137 e. The molecule has 0 aliphatic heterocycles. The lowest BCUT2D eigenvalue weighted by molar-refractivity contribution is 0.628. The normalized spacial score (nSPS) is 10.8. The maximum atomic E-state index is 13.1. The number of fused-ring (bicyclic) bond motifs is 2. The number of aromatic nitrogens is 4. The second kappa shape index (κ2) is 8.43. The summed E-state index contributed by atoms with van der Waals surface area (Å²) in [4.78, 5) is 14.6. The molecular formula is C26H18F2N4. The van der Waals surface area contributed by atoms with Crippen LogP contribution in [-0.4, -0.2) is 19.9 Å². The Morgan fingerprint density at radius 1 is 0.531 bits per heavy atom. The Balaban J connectivity index is 0.000000135. The Bertz CT molecular complexity index is 1400. The molecule has 4 aromatic heterocycles. The summed E-state index contributed by atoms with van der Waals surface area (Å²) < 4.78 is 26.2.